The van der Waals surface area contributed by atoms with Gasteiger partial charge in [0.25, 0.3) is 0 Å². The summed E-state index contributed by atoms with van der Waals surface area (Å²) in [5.41, 5.74) is 0.605. The van der Waals surface area contributed by atoms with Crippen LogP contribution >= 0.6 is 0 Å². The van der Waals surface area contributed by atoms with E-state index in [0.717, 1.165) is 38.1 Å². The lowest BCUT2D eigenvalue weighted by atomic mass is 9.86. The molecule has 1 aliphatic rings. The Morgan fingerprint density at radius 1 is 1.10 bits per heavy atom. The highest BCUT2D eigenvalue weighted by Crippen LogP contribution is 2.31. The van der Waals surface area contributed by atoms with Crippen molar-refractivity contribution in [3.8, 4) is 5.75 Å². The van der Waals surface area contributed by atoms with E-state index in [9.17, 15) is 8.78 Å². The lowest BCUT2D eigenvalue weighted by Crippen LogP contribution is -2.24. The Labute approximate surface area is 125 Å². The number of benzene rings is 1. The maximum absolute atomic E-state index is 14.0. The first-order valence-electron chi connectivity index (χ1n) is 7.99. The highest BCUT2D eigenvalue weighted by atomic mass is 19.1. The molecule has 0 atom stereocenters. The minimum Gasteiger partial charge on any atom is -0.484 e. The molecule has 0 saturated heterocycles. The van der Waals surface area contributed by atoms with Crippen LogP contribution in [0.2, 0.25) is 0 Å². The number of ether oxygens (including phenoxy) is 1. The maximum atomic E-state index is 14.0. The maximum Gasteiger partial charge on any atom is 0.191 e. The van der Waals surface area contributed by atoms with Crippen LogP contribution in [0.25, 0.3) is 0 Å². The van der Waals surface area contributed by atoms with Gasteiger partial charge in [-0.15, -0.1) is 0 Å². The summed E-state index contributed by atoms with van der Waals surface area (Å²) < 4.78 is 33.7. The van der Waals surface area contributed by atoms with Gasteiger partial charge in [0.2, 0.25) is 0 Å². The van der Waals surface area contributed by atoms with Crippen LogP contribution in [0.5, 0.6) is 5.75 Å². The standard InChI is InChI=1S/C17H25F2NO/c1-3-12-5-7-14(8-6-12)21-17-15(18)9-13(10-16(17)19)11-20-4-2/h9-10,12,14,20H,3-8,11H2,1-2H3. The smallest absolute Gasteiger partial charge is 0.191 e. The van der Waals surface area contributed by atoms with E-state index < -0.39 is 11.6 Å². The normalized spacial score (nSPS) is 22.3. The first-order chi connectivity index (χ1) is 10.1. The van der Waals surface area contributed by atoms with Gasteiger partial charge in [-0.3, -0.25) is 0 Å². The van der Waals surface area contributed by atoms with E-state index in [-0.39, 0.29) is 11.9 Å². The number of halogens is 2. The van der Waals surface area contributed by atoms with E-state index in [1.807, 2.05) is 6.92 Å². The summed E-state index contributed by atoms with van der Waals surface area (Å²) >= 11 is 0. The molecule has 0 aromatic heterocycles. The molecule has 0 aliphatic heterocycles. The molecule has 118 valence electrons. The Balaban J connectivity index is 2.00. The minimum absolute atomic E-state index is 0.0589. The fourth-order valence-electron chi connectivity index (χ4n) is 2.92. The molecule has 2 nitrogen and oxygen atoms in total. The van der Waals surface area contributed by atoms with Crippen LogP contribution in [0.3, 0.4) is 0 Å². The van der Waals surface area contributed by atoms with Crippen molar-refractivity contribution in [3.05, 3.63) is 29.3 Å². The van der Waals surface area contributed by atoms with Crippen LogP contribution in [-0.4, -0.2) is 12.6 Å². The molecule has 0 bridgehead atoms. The molecule has 0 amide bonds. The highest BCUT2D eigenvalue weighted by Gasteiger charge is 2.23. The topological polar surface area (TPSA) is 21.3 Å². The average Bonchev–Trinajstić information content (AvgIpc) is 2.49. The van der Waals surface area contributed by atoms with Gasteiger partial charge in [-0.05, 0) is 55.8 Å². The summed E-state index contributed by atoms with van der Waals surface area (Å²) in [4.78, 5) is 0. The molecule has 1 N–H and O–H groups in total. The van der Waals surface area contributed by atoms with Gasteiger partial charge in [-0.1, -0.05) is 20.3 Å². The Hall–Kier alpha value is -1.16. The van der Waals surface area contributed by atoms with Crippen molar-refractivity contribution < 1.29 is 13.5 Å². The van der Waals surface area contributed by atoms with E-state index in [0.29, 0.717) is 12.1 Å². The Morgan fingerprint density at radius 3 is 2.24 bits per heavy atom. The van der Waals surface area contributed by atoms with Crippen molar-refractivity contribution in [2.75, 3.05) is 6.54 Å². The average molecular weight is 297 g/mol. The van der Waals surface area contributed by atoms with Gasteiger partial charge in [-0.2, -0.15) is 0 Å². The van der Waals surface area contributed by atoms with E-state index in [2.05, 4.69) is 12.2 Å². The van der Waals surface area contributed by atoms with Crippen molar-refractivity contribution in [1.82, 2.24) is 5.32 Å². The van der Waals surface area contributed by atoms with Crippen LogP contribution < -0.4 is 10.1 Å². The summed E-state index contributed by atoms with van der Waals surface area (Å²) in [6.45, 7) is 5.37. The second-order valence-electron chi connectivity index (χ2n) is 5.84. The Bertz CT molecular complexity index is 433. The van der Waals surface area contributed by atoms with Crippen LogP contribution in [0.4, 0.5) is 8.78 Å². The number of hydrogen-bond donors (Lipinski definition) is 1. The fraction of sp³-hybridized carbons (Fsp3) is 0.647. The van der Waals surface area contributed by atoms with Crippen molar-refractivity contribution in [2.45, 2.75) is 58.6 Å². The Kier molecular flexibility index (Phi) is 5.97. The second kappa shape index (κ2) is 7.74. The summed E-state index contributed by atoms with van der Waals surface area (Å²) in [5.74, 6) is -0.668. The van der Waals surface area contributed by atoms with Crippen molar-refractivity contribution in [3.63, 3.8) is 0 Å². The van der Waals surface area contributed by atoms with Crippen LogP contribution in [0.15, 0.2) is 12.1 Å². The van der Waals surface area contributed by atoms with E-state index in [1.54, 1.807) is 0 Å². The molecule has 1 aromatic rings. The quantitative estimate of drug-likeness (QED) is 0.839. The number of rotatable bonds is 6. The largest absolute Gasteiger partial charge is 0.484 e. The van der Waals surface area contributed by atoms with Gasteiger partial charge in [0.05, 0.1) is 6.10 Å². The molecule has 0 unspecified atom stereocenters. The van der Waals surface area contributed by atoms with Gasteiger partial charge in [0.15, 0.2) is 17.4 Å². The van der Waals surface area contributed by atoms with Gasteiger partial charge in [-0.25, -0.2) is 8.78 Å². The van der Waals surface area contributed by atoms with Gasteiger partial charge in [0, 0.05) is 6.54 Å². The highest BCUT2D eigenvalue weighted by molar-refractivity contribution is 5.31. The second-order valence-corrected chi connectivity index (χ2v) is 5.84. The van der Waals surface area contributed by atoms with Crippen LogP contribution in [-0.2, 0) is 6.54 Å². The zero-order valence-electron chi connectivity index (χ0n) is 12.9. The van der Waals surface area contributed by atoms with Crippen molar-refractivity contribution in [1.29, 1.82) is 0 Å². The third kappa shape index (κ3) is 4.40. The van der Waals surface area contributed by atoms with Gasteiger partial charge < -0.3 is 10.1 Å². The molecular formula is C17H25F2NO. The van der Waals surface area contributed by atoms with Gasteiger partial charge in [0.1, 0.15) is 0 Å². The monoisotopic (exact) mass is 297 g/mol. The zero-order valence-corrected chi connectivity index (χ0v) is 12.9. The molecule has 2 rings (SSSR count). The number of nitrogens with one attached hydrogen (secondary N) is 1. The van der Waals surface area contributed by atoms with E-state index in [4.69, 9.17) is 4.74 Å². The third-order valence-electron chi connectivity index (χ3n) is 4.29. The van der Waals surface area contributed by atoms with Crippen LogP contribution in [0.1, 0.15) is 51.5 Å². The summed E-state index contributed by atoms with van der Waals surface area (Å²) in [5, 5.41) is 3.06. The lowest BCUT2D eigenvalue weighted by Gasteiger charge is -2.28. The molecule has 1 saturated carbocycles. The molecule has 1 aromatic carbocycles. The molecule has 1 fully saturated rings. The third-order valence-corrected chi connectivity index (χ3v) is 4.29. The minimum atomic E-state index is -0.597. The summed E-state index contributed by atoms with van der Waals surface area (Å²) in [7, 11) is 0. The molecule has 0 spiro atoms. The molecule has 0 radical (unpaired) electrons. The molecule has 0 heterocycles. The molecular weight excluding hydrogens is 272 g/mol. The predicted octanol–water partition coefficient (Wildman–Crippen LogP) is 4.42. The summed E-state index contributed by atoms with van der Waals surface area (Å²) in [6.07, 6.45) is 5.06. The molecule has 1 aliphatic carbocycles. The van der Waals surface area contributed by atoms with Gasteiger partial charge >= 0.3 is 0 Å². The van der Waals surface area contributed by atoms with Crippen molar-refractivity contribution >= 4 is 0 Å². The predicted molar refractivity (Wildman–Crippen MR) is 80.4 cm³/mol. The fourth-order valence-corrected chi connectivity index (χ4v) is 2.92. The van der Waals surface area contributed by atoms with E-state index in [1.165, 1.54) is 18.6 Å². The first-order valence-corrected chi connectivity index (χ1v) is 7.99. The first kappa shape index (κ1) is 16.2. The van der Waals surface area contributed by atoms with E-state index >= 15 is 0 Å². The molecule has 4 heteroatoms. The number of hydrogen-bond acceptors (Lipinski definition) is 2. The van der Waals surface area contributed by atoms with Crippen LogP contribution in [0, 0.1) is 17.6 Å². The zero-order chi connectivity index (χ0) is 15.2. The van der Waals surface area contributed by atoms with Crippen molar-refractivity contribution in [2.24, 2.45) is 5.92 Å². The SMILES string of the molecule is CCNCc1cc(F)c(OC2CCC(CC)CC2)c(F)c1. The lowest BCUT2D eigenvalue weighted by molar-refractivity contribution is 0.119. The Morgan fingerprint density at radius 2 is 1.71 bits per heavy atom. The summed E-state index contributed by atoms with van der Waals surface area (Å²) in [6, 6.07) is 2.72. The molecule has 21 heavy (non-hydrogen) atoms.